The molecule has 1 saturated heterocycles. The number of piperidine rings is 1. The first-order valence-electron chi connectivity index (χ1n) is 7.95. The Morgan fingerprint density at radius 2 is 2.05 bits per heavy atom. The molecule has 1 aliphatic carbocycles. The van der Waals surface area contributed by atoms with Gasteiger partial charge in [0.15, 0.2) is 5.82 Å². The zero-order valence-corrected chi connectivity index (χ0v) is 14.0. The van der Waals surface area contributed by atoms with E-state index in [0.717, 1.165) is 24.9 Å². The van der Waals surface area contributed by atoms with Gasteiger partial charge >= 0.3 is 0 Å². The van der Waals surface area contributed by atoms with Crippen LogP contribution < -0.4 is 5.32 Å². The molecule has 22 heavy (non-hydrogen) atoms. The monoisotopic (exact) mass is 341 g/mol. The van der Waals surface area contributed by atoms with Crippen molar-refractivity contribution >= 4 is 34.9 Å². The molecule has 1 aliphatic heterocycles. The highest BCUT2D eigenvalue weighted by molar-refractivity contribution is 6.36. The molecule has 2 heterocycles. The van der Waals surface area contributed by atoms with Crippen molar-refractivity contribution in [3.8, 4) is 0 Å². The van der Waals surface area contributed by atoms with Crippen LogP contribution in [0.5, 0.6) is 0 Å². The second kappa shape index (κ2) is 7.16. The second-order valence-corrected chi connectivity index (χ2v) is 7.20. The van der Waals surface area contributed by atoms with Crippen LogP contribution in [0.1, 0.15) is 32.1 Å². The standard InChI is InChI=1S/C16H21Cl2N3O/c17-13-7-14(18)16(19-8-13)20-15(22)10-21-6-5-11-3-1-2-4-12(11)9-21/h7-8,11-12H,1-6,9-10H2,(H,19,20,22)/t11-,12+/m0/s1. The average Bonchev–Trinajstić information content (AvgIpc) is 2.50. The molecule has 1 amide bonds. The number of carbonyl (C=O) groups is 1. The van der Waals surface area contributed by atoms with Gasteiger partial charge in [-0.05, 0) is 37.3 Å². The first-order valence-corrected chi connectivity index (χ1v) is 8.70. The molecule has 1 aromatic heterocycles. The number of hydrogen-bond donors (Lipinski definition) is 1. The molecule has 120 valence electrons. The van der Waals surface area contributed by atoms with Gasteiger partial charge in [0.05, 0.1) is 16.6 Å². The summed E-state index contributed by atoms with van der Waals surface area (Å²) in [5.74, 6) is 1.96. The quantitative estimate of drug-likeness (QED) is 0.908. The van der Waals surface area contributed by atoms with Crippen LogP contribution in [0.25, 0.3) is 0 Å². The number of hydrogen-bond acceptors (Lipinski definition) is 3. The van der Waals surface area contributed by atoms with Crippen LogP contribution in [0.15, 0.2) is 12.3 Å². The third-order valence-electron chi connectivity index (χ3n) is 4.81. The number of pyridine rings is 1. The van der Waals surface area contributed by atoms with Crippen molar-refractivity contribution in [1.29, 1.82) is 0 Å². The normalized spacial score (nSPS) is 25.5. The van der Waals surface area contributed by atoms with Gasteiger partial charge in [0.25, 0.3) is 0 Å². The lowest BCUT2D eigenvalue weighted by atomic mass is 9.75. The molecule has 0 aromatic carbocycles. The number of rotatable bonds is 3. The zero-order valence-electron chi connectivity index (χ0n) is 12.5. The summed E-state index contributed by atoms with van der Waals surface area (Å²) in [5, 5.41) is 3.60. The summed E-state index contributed by atoms with van der Waals surface area (Å²) in [4.78, 5) is 18.5. The maximum atomic E-state index is 12.2. The third kappa shape index (κ3) is 3.92. The lowest BCUT2D eigenvalue weighted by Crippen LogP contribution is -2.44. The Bertz CT molecular complexity index is 552. The number of nitrogens with one attached hydrogen (secondary N) is 1. The summed E-state index contributed by atoms with van der Waals surface area (Å²) in [5.41, 5.74) is 0. The second-order valence-electron chi connectivity index (χ2n) is 6.36. The summed E-state index contributed by atoms with van der Waals surface area (Å²) in [6.07, 6.45) is 8.10. The van der Waals surface area contributed by atoms with Crippen molar-refractivity contribution in [3.63, 3.8) is 0 Å². The molecule has 0 spiro atoms. The molecule has 4 nitrogen and oxygen atoms in total. The van der Waals surface area contributed by atoms with E-state index in [1.807, 2.05) is 0 Å². The van der Waals surface area contributed by atoms with Crippen molar-refractivity contribution in [2.75, 3.05) is 25.0 Å². The highest BCUT2D eigenvalue weighted by Crippen LogP contribution is 2.35. The van der Waals surface area contributed by atoms with E-state index < -0.39 is 0 Å². The van der Waals surface area contributed by atoms with Gasteiger partial charge in [-0.3, -0.25) is 9.69 Å². The lowest BCUT2D eigenvalue weighted by molar-refractivity contribution is -0.118. The molecule has 2 fully saturated rings. The van der Waals surface area contributed by atoms with Gasteiger partial charge < -0.3 is 5.32 Å². The van der Waals surface area contributed by atoms with Gasteiger partial charge in [-0.15, -0.1) is 0 Å². The largest absolute Gasteiger partial charge is 0.308 e. The van der Waals surface area contributed by atoms with Gasteiger partial charge in [0.1, 0.15) is 0 Å². The molecule has 0 radical (unpaired) electrons. The predicted molar refractivity (Wildman–Crippen MR) is 89.4 cm³/mol. The fraction of sp³-hybridized carbons (Fsp3) is 0.625. The Morgan fingerprint density at radius 3 is 2.82 bits per heavy atom. The van der Waals surface area contributed by atoms with Gasteiger partial charge in [-0.2, -0.15) is 0 Å². The van der Waals surface area contributed by atoms with E-state index in [0.29, 0.717) is 22.4 Å². The highest BCUT2D eigenvalue weighted by atomic mass is 35.5. The predicted octanol–water partition coefficient (Wildman–Crippen LogP) is 3.84. The minimum atomic E-state index is -0.0639. The van der Waals surface area contributed by atoms with Crippen LogP contribution in [-0.2, 0) is 4.79 Å². The Labute approximate surface area is 141 Å². The molecular weight excluding hydrogens is 321 g/mol. The molecule has 2 atom stereocenters. The molecule has 1 saturated carbocycles. The summed E-state index contributed by atoms with van der Waals surface area (Å²) in [6.45, 7) is 2.46. The van der Waals surface area contributed by atoms with E-state index in [2.05, 4.69) is 15.2 Å². The van der Waals surface area contributed by atoms with E-state index in [1.165, 1.54) is 38.3 Å². The van der Waals surface area contributed by atoms with Gasteiger partial charge in [-0.25, -0.2) is 4.98 Å². The number of likely N-dealkylation sites (tertiary alicyclic amines) is 1. The van der Waals surface area contributed by atoms with E-state index in [-0.39, 0.29) is 5.91 Å². The number of aromatic nitrogens is 1. The molecule has 6 heteroatoms. The molecule has 1 aromatic rings. The number of carbonyl (C=O) groups excluding carboxylic acids is 1. The van der Waals surface area contributed by atoms with Crippen molar-refractivity contribution in [2.45, 2.75) is 32.1 Å². The van der Waals surface area contributed by atoms with Crippen LogP contribution in [0.4, 0.5) is 5.82 Å². The minimum absolute atomic E-state index is 0.0639. The summed E-state index contributed by atoms with van der Waals surface area (Å²) < 4.78 is 0. The summed E-state index contributed by atoms with van der Waals surface area (Å²) >= 11 is 11.8. The fourth-order valence-electron chi connectivity index (χ4n) is 3.70. The van der Waals surface area contributed by atoms with E-state index in [4.69, 9.17) is 23.2 Å². The Balaban J connectivity index is 1.53. The fourth-order valence-corrected chi connectivity index (χ4v) is 4.13. The lowest BCUT2D eigenvalue weighted by Gasteiger charge is -2.41. The summed E-state index contributed by atoms with van der Waals surface area (Å²) in [6, 6.07) is 1.58. The molecule has 3 rings (SSSR count). The van der Waals surface area contributed by atoms with Crippen molar-refractivity contribution < 1.29 is 4.79 Å². The van der Waals surface area contributed by atoms with Crippen LogP contribution >= 0.6 is 23.2 Å². The highest BCUT2D eigenvalue weighted by Gasteiger charge is 2.31. The van der Waals surface area contributed by atoms with Crippen LogP contribution in [0.2, 0.25) is 10.0 Å². The maximum absolute atomic E-state index is 12.2. The van der Waals surface area contributed by atoms with E-state index >= 15 is 0 Å². The number of fused-ring (bicyclic) bond motifs is 1. The van der Waals surface area contributed by atoms with Gasteiger partial charge in [0.2, 0.25) is 5.91 Å². The van der Waals surface area contributed by atoms with Crippen LogP contribution in [0.3, 0.4) is 0 Å². The minimum Gasteiger partial charge on any atom is -0.308 e. The first-order chi connectivity index (χ1) is 10.6. The zero-order chi connectivity index (χ0) is 15.5. The van der Waals surface area contributed by atoms with Gasteiger partial charge in [-0.1, -0.05) is 42.5 Å². The number of halogens is 2. The molecule has 1 N–H and O–H groups in total. The number of nitrogens with zero attached hydrogens (tertiary/aromatic N) is 2. The van der Waals surface area contributed by atoms with E-state index in [1.54, 1.807) is 6.07 Å². The Hall–Kier alpha value is -0.840. The van der Waals surface area contributed by atoms with Crippen LogP contribution in [0, 0.1) is 11.8 Å². The smallest absolute Gasteiger partial charge is 0.239 e. The number of anilines is 1. The molecular formula is C16H21Cl2N3O. The van der Waals surface area contributed by atoms with Crippen LogP contribution in [-0.4, -0.2) is 35.4 Å². The van der Waals surface area contributed by atoms with Crippen molar-refractivity contribution in [3.05, 3.63) is 22.3 Å². The maximum Gasteiger partial charge on any atom is 0.239 e. The van der Waals surface area contributed by atoms with Crippen molar-refractivity contribution in [1.82, 2.24) is 9.88 Å². The Morgan fingerprint density at radius 1 is 1.27 bits per heavy atom. The topological polar surface area (TPSA) is 45.2 Å². The third-order valence-corrected chi connectivity index (χ3v) is 5.30. The average molecular weight is 342 g/mol. The molecule has 2 aliphatic rings. The molecule has 0 unspecified atom stereocenters. The van der Waals surface area contributed by atoms with E-state index in [9.17, 15) is 4.79 Å². The Kier molecular flexibility index (Phi) is 5.21. The first kappa shape index (κ1) is 16.0. The van der Waals surface area contributed by atoms with Crippen molar-refractivity contribution in [2.24, 2.45) is 11.8 Å². The number of amides is 1. The SMILES string of the molecule is O=C(CN1CC[C@@H]2CCCC[C@@H]2C1)Nc1ncc(Cl)cc1Cl. The van der Waals surface area contributed by atoms with Gasteiger partial charge in [0, 0.05) is 12.7 Å². The molecule has 0 bridgehead atoms. The summed E-state index contributed by atoms with van der Waals surface area (Å²) in [7, 11) is 0.